The van der Waals surface area contributed by atoms with Gasteiger partial charge in [0, 0.05) is 6.54 Å². The average molecular weight is 157 g/mol. The summed E-state index contributed by atoms with van der Waals surface area (Å²) in [6.45, 7) is 5.90. The van der Waals surface area contributed by atoms with E-state index in [0.29, 0.717) is 0 Å². The molecule has 1 rings (SSSR count). The first-order chi connectivity index (χ1) is 5.20. The topological polar surface area (TPSA) is 32.3 Å². The van der Waals surface area contributed by atoms with Gasteiger partial charge in [-0.05, 0) is 38.1 Å². The van der Waals surface area contributed by atoms with Crippen LogP contribution in [0.5, 0.6) is 0 Å². The van der Waals surface area contributed by atoms with Gasteiger partial charge in [0.25, 0.3) is 0 Å². The van der Waals surface area contributed by atoms with Gasteiger partial charge >= 0.3 is 0 Å². The van der Waals surface area contributed by atoms with Crippen LogP contribution >= 0.6 is 0 Å². The van der Waals surface area contributed by atoms with Crippen LogP contribution in [0.2, 0.25) is 0 Å². The third-order valence-electron chi connectivity index (χ3n) is 2.33. The lowest BCUT2D eigenvalue weighted by Crippen LogP contribution is -2.29. The Morgan fingerprint density at radius 3 is 2.45 bits per heavy atom. The number of aliphatic hydroxyl groups is 1. The van der Waals surface area contributed by atoms with Gasteiger partial charge in [0.15, 0.2) is 0 Å². The van der Waals surface area contributed by atoms with Gasteiger partial charge in [0.05, 0.1) is 6.10 Å². The van der Waals surface area contributed by atoms with Crippen LogP contribution in [0.4, 0.5) is 0 Å². The molecule has 2 N–H and O–H groups in total. The molecule has 2 unspecified atom stereocenters. The molecule has 11 heavy (non-hydrogen) atoms. The Bertz CT molecular complexity index is 110. The molecule has 1 aliphatic rings. The Morgan fingerprint density at radius 2 is 2.00 bits per heavy atom. The number of rotatable bonds is 5. The first kappa shape index (κ1) is 9.01. The molecule has 2 atom stereocenters. The maximum absolute atomic E-state index is 8.96. The molecule has 1 fully saturated rings. The maximum Gasteiger partial charge on any atom is 0.0636 e. The van der Waals surface area contributed by atoms with E-state index in [1.54, 1.807) is 0 Å². The second-order valence-corrected chi connectivity index (χ2v) is 3.82. The Kier molecular flexibility index (Phi) is 3.34. The summed E-state index contributed by atoms with van der Waals surface area (Å²) in [5.41, 5.74) is 0. The maximum atomic E-state index is 8.96. The molecular weight excluding hydrogens is 138 g/mol. The minimum Gasteiger partial charge on any atom is -0.392 e. The Labute approximate surface area is 69.0 Å². The Hall–Kier alpha value is -0.0800. The summed E-state index contributed by atoms with van der Waals surface area (Å²) < 4.78 is 0. The summed E-state index contributed by atoms with van der Waals surface area (Å²) in [6.07, 6.45) is 2.62. The van der Waals surface area contributed by atoms with Gasteiger partial charge in [-0.1, -0.05) is 6.92 Å². The molecule has 66 valence electrons. The number of nitrogens with one attached hydrogen (secondary N) is 1. The van der Waals surface area contributed by atoms with Crippen molar-refractivity contribution in [3.63, 3.8) is 0 Å². The van der Waals surface area contributed by atoms with Crippen molar-refractivity contribution in [1.29, 1.82) is 0 Å². The average Bonchev–Trinajstić information content (AvgIpc) is 2.66. The summed E-state index contributed by atoms with van der Waals surface area (Å²) in [4.78, 5) is 0. The van der Waals surface area contributed by atoms with Gasteiger partial charge in [-0.3, -0.25) is 0 Å². The number of hydrogen-bond donors (Lipinski definition) is 2. The first-order valence-corrected chi connectivity index (χ1v) is 4.59. The minimum absolute atomic E-state index is 0.207. The van der Waals surface area contributed by atoms with Crippen molar-refractivity contribution in [2.75, 3.05) is 13.1 Å². The van der Waals surface area contributed by atoms with Crippen molar-refractivity contribution >= 4 is 0 Å². The number of hydrogen-bond acceptors (Lipinski definition) is 2. The van der Waals surface area contributed by atoms with E-state index < -0.39 is 0 Å². The van der Waals surface area contributed by atoms with Crippen LogP contribution in [-0.2, 0) is 0 Å². The highest BCUT2D eigenvalue weighted by Gasteiger charge is 2.27. The smallest absolute Gasteiger partial charge is 0.0636 e. The van der Waals surface area contributed by atoms with Crippen LogP contribution in [0, 0.1) is 11.8 Å². The highest BCUT2D eigenvalue weighted by atomic mass is 16.3. The van der Waals surface area contributed by atoms with E-state index in [4.69, 9.17) is 5.11 Å². The molecule has 1 aliphatic carbocycles. The molecule has 0 bridgehead atoms. The van der Waals surface area contributed by atoms with Gasteiger partial charge in [0.2, 0.25) is 0 Å². The van der Waals surface area contributed by atoms with Gasteiger partial charge in [-0.15, -0.1) is 0 Å². The van der Waals surface area contributed by atoms with E-state index >= 15 is 0 Å². The first-order valence-electron chi connectivity index (χ1n) is 4.59. The molecule has 0 aromatic rings. The fraction of sp³-hybridized carbons (Fsp3) is 1.00. The highest BCUT2D eigenvalue weighted by Crippen LogP contribution is 2.35. The summed E-state index contributed by atoms with van der Waals surface area (Å²) in [5, 5.41) is 12.2. The molecule has 1 saturated carbocycles. The molecule has 2 heteroatoms. The molecule has 0 spiro atoms. The second-order valence-electron chi connectivity index (χ2n) is 3.82. The summed E-state index contributed by atoms with van der Waals surface area (Å²) in [5.74, 6) is 1.77. The van der Waals surface area contributed by atoms with E-state index in [2.05, 4.69) is 12.2 Å². The van der Waals surface area contributed by atoms with Crippen molar-refractivity contribution in [1.82, 2.24) is 5.32 Å². The molecule has 0 amide bonds. The van der Waals surface area contributed by atoms with Gasteiger partial charge < -0.3 is 10.4 Å². The molecule has 0 aromatic heterocycles. The van der Waals surface area contributed by atoms with E-state index in [1.807, 2.05) is 6.92 Å². The molecule has 0 aliphatic heterocycles. The van der Waals surface area contributed by atoms with E-state index in [1.165, 1.54) is 12.8 Å². The lowest BCUT2D eigenvalue weighted by atomic mass is 10.1. The fourth-order valence-electron chi connectivity index (χ4n) is 1.35. The van der Waals surface area contributed by atoms with Crippen molar-refractivity contribution < 1.29 is 5.11 Å². The predicted molar refractivity (Wildman–Crippen MR) is 46.4 cm³/mol. The standard InChI is InChI=1S/C9H19NO/c1-7(9-3-4-9)5-10-6-8(2)11/h7-11H,3-6H2,1-2H3. The second kappa shape index (κ2) is 4.07. The normalized spacial score (nSPS) is 23.2. The van der Waals surface area contributed by atoms with Crippen LogP contribution in [-0.4, -0.2) is 24.3 Å². The van der Waals surface area contributed by atoms with Crippen LogP contribution < -0.4 is 5.32 Å². The molecule has 2 nitrogen and oxygen atoms in total. The van der Waals surface area contributed by atoms with E-state index in [9.17, 15) is 0 Å². The Balaban J connectivity index is 1.93. The SMILES string of the molecule is CC(O)CNCC(C)C1CC1. The van der Waals surface area contributed by atoms with Gasteiger partial charge in [0.1, 0.15) is 0 Å². The van der Waals surface area contributed by atoms with Crippen LogP contribution in [0.25, 0.3) is 0 Å². The summed E-state index contributed by atoms with van der Waals surface area (Å²) in [6, 6.07) is 0. The van der Waals surface area contributed by atoms with Crippen molar-refractivity contribution in [3.8, 4) is 0 Å². The minimum atomic E-state index is -0.207. The van der Waals surface area contributed by atoms with Crippen molar-refractivity contribution in [2.45, 2.75) is 32.8 Å². The predicted octanol–water partition coefficient (Wildman–Crippen LogP) is 1.00. The molecule has 0 aromatic carbocycles. The van der Waals surface area contributed by atoms with Crippen LogP contribution in [0.15, 0.2) is 0 Å². The molecule has 0 radical (unpaired) electrons. The zero-order chi connectivity index (χ0) is 8.27. The van der Waals surface area contributed by atoms with Gasteiger partial charge in [-0.2, -0.15) is 0 Å². The third kappa shape index (κ3) is 3.73. The summed E-state index contributed by atoms with van der Waals surface area (Å²) in [7, 11) is 0. The molecule has 0 saturated heterocycles. The van der Waals surface area contributed by atoms with Crippen LogP contribution in [0.1, 0.15) is 26.7 Å². The van der Waals surface area contributed by atoms with E-state index in [0.717, 1.165) is 24.9 Å². The van der Waals surface area contributed by atoms with Crippen LogP contribution in [0.3, 0.4) is 0 Å². The Morgan fingerprint density at radius 1 is 1.36 bits per heavy atom. The largest absolute Gasteiger partial charge is 0.392 e. The molecular formula is C9H19NO. The fourth-order valence-corrected chi connectivity index (χ4v) is 1.35. The lowest BCUT2D eigenvalue weighted by molar-refractivity contribution is 0.189. The van der Waals surface area contributed by atoms with Crippen molar-refractivity contribution in [2.24, 2.45) is 11.8 Å². The molecule has 0 heterocycles. The third-order valence-corrected chi connectivity index (χ3v) is 2.33. The highest BCUT2D eigenvalue weighted by molar-refractivity contribution is 4.79. The van der Waals surface area contributed by atoms with E-state index in [-0.39, 0.29) is 6.10 Å². The zero-order valence-corrected chi connectivity index (χ0v) is 7.51. The zero-order valence-electron chi connectivity index (χ0n) is 7.51. The van der Waals surface area contributed by atoms with Crippen molar-refractivity contribution in [3.05, 3.63) is 0 Å². The van der Waals surface area contributed by atoms with Gasteiger partial charge in [-0.25, -0.2) is 0 Å². The quantitative estimate of drug-likeness (QED) is 0.624. The summed E-state index contributed by atoms with van der Waals surface area (Å²) >= 11 is 0. The number of aliphatic hydroxyl groups excluding tert-OH is 1. The monoisotopic (exact) mass is 157 g/mol. The lowest BCUT2D eigenvalue weighted by Gasteiger charge is -2.11.